The molecular formula is C12H8Br2N2O3S2. The van der Waals surface area contributed by atoms with Gasteiger partial charge in [0.25, 0.3) is 10.0 Å². The summed E-state index contributed by atoms with van der Waals surface area (Å²) in [6.45, 7) is 0. The van der Waals surface area contributed by atoms with E-state index in [-0.39, 0.29) is 16.5 Å². The molecule has 0 saturated heterocycles. The fraction of sp³-hybridized carbons (Fsp3) is 0.0833. The maximum Gasteiger partial charge on any atom is 0.272 e. The van der Waals surface area contributed by atoms with Crippen molar-refractivity contribution in [3.63, 3.8) is 0 Å². The van der Waals surface area contributed by atoms with Crippen LogP contribution in [0, 0.1) is 0 Å². The molecule has 0 unspecified atom stereocenters. The van der Waals surface area contributed by atoms with Gasteiger partial charge in [-0.25, -0.2) is 8.42 Å². The summed E-state index contributed by atoms with van der Waals surface area (Å²) in [7, 11) is -3.72. The third-order valence-electron chi connectivity index (χ3n) is 2.91. The first kappa shape index (κ1) is 15.0. The van der Waals surface area contributed by atoms with Crippen LogP contribution in [0.3, 0.4) is 0 Å². The molecule has 0 atom stereocenters. The molecule has 2 aromatic rings. The zero-order valence-electron chi connectivity index (χ0n) is 10.3. The van der Waals surface area contributed by atoms with Crippen LogP contribution in [0.4, 0.5) is 11.4 Å². The van der Waals surface area contributed by atoms with Gasteiger partial charge in [-0.1, -0.05) is 12.1 Å². The minimum absolute atomic E-state index is 0.142. The van der Waals surface area contributed by atoms with Crippen molar-refractivity contribution < 1.29 is 13.2 Å². The average molecular weight is 452 g/mol. The van der Waals surface area contributed by atoms with Gasteiger partial charge >= 0.3 is 0 Å². The molecule has 110 valence electrons. The summed E-state index contributed by atoms with van der Waals surface area (Å²) < 4.78 is 28.8. The van der Waals surface area contributed by atoms with E-state index in [0.717, 1.165) is 16.9 Å². The summed E-state index contributed by atoms with van der Waals surface area (Å²) in [5.41, 5.74) is 1.68. The van der Waals surface area contributed by atoms with Gasteiger partial charge in [0.15, 0.2) is 4.21 Å². The van der Waals surface area contributed by atoms with Crippen LogP contribution in [-0.2, 0) is 21.2 Å². The fourth-order valence-electron chi connectivity index (χ4n) is 2.02. The normalized spacial score (nSPS) is 13.9. The molecule has 0 spiro atoms. The van der Waals surface area contributed by atoms with E-state index in [2.05, 4.69) is 41.9 Å². The highest BCUT2D eigenvalue weighted by atomic mass is 79.9. The number of amides is 1. The molecule has 1 aliphatic heterocycles. The number of fused-ring (bicyclic) bond motifs is 1. The zero-order valence-corrected chi connectivity index (χ0v) is 15.1. The largest absolute Gasteiger partial charge is 0.324 e. The quantitative estimate of drug-likeness (QED) is 0.748. The number of carbonyl (C=O) groups is 1. The highest BCUT2D eigenvalue weighted by Crippen LogP contribution is 2.38. The van der Waals surface area contributed by atoms with Gasteiger partial charge in [-0.15, -0.1) is 11.3 Å². The second-order valence-electron chi connectivity index (χ2n) is 4.36. The van der Waals surface area contributed by atoms with Crippen molar-refractivity contribution in [1.82, 2.24) is 0 Å². The lowest BCUT2D eigenvalue weighted by atomic mass is 10.1. The fourth-order valence-corrected chi connectivity index (χ4v) is 6.16. The van der Waals surface area contributed by atoms with Crippen molar-refractivity contribution in [2.24, 2.45) is 0 Å². The zero-order chi connectivity index (χ0) is 15.2. The molecule has 1 aromatic heterocycles. The second kappa shape index (κ2) is 5.38. The van der Waals surface area contributed by atoms with Gasteiger partial charge in [-0.2, -0.15) is 0 Å². The highest BCUT2D eigenvalue weighted by molar-refractivity contribution is 9.13. The average Bonchev–Trinajstić information content (AvgIpc) is 2.94. The first-order valence-electron chi connectivity index (χ1n) is 5.75. The van der Waals surface area contributed by atoms with Crippen molar-refractivity contribution in [2.45, 2.75) is 10.6 Å². The first-order chi connectivity index (χ1) is 9.88. The lowest BCUT2D eigenvalue weighted by molar-refractivity contribution is -0.115. The van der Waals surface area contributed by atoms with Crippen molar-refractivity contribution in [1.29, 1.82) is 0 Å². The van der Waals surface area contributed by atoms with E-state index < -0.39 is 10.0 Å². The predicted octanol–water partition coefficient (Wildman–Crippen LogP) is 3.57. The molecule has 5 nitrogen and oxygen atoms in total. The van der Waals surface area contributed by atoms with Gasteiger partial charge in [0, 0.05) is 9.85 Å². The van der Waals surface area contributed by atoms with Gasteiger partial charge in [-0.3, -0.25) is 9.52 Å². The van der Waals surface area contributed by atoms with Crippen molar-refractivity contribution >= 4 is 70.5 Å². The van der Waals surface area contributed by atoms with Crippen molar-refractivity contribution in [3.8, 4) is 0 Å². The maximum atomic E-state index is 12.5. The number of hydrogen-bond acceptors (Lipinski definition) is 4. The number of thiophene rings is 1. The minimum Gasteiger partial charge on any atom is -0.324 e. The Kier molecular flexibility index (Phi) is 3.85. The number of para-hydroxylation sites is 1. The van der Waals surface area contributed by atoms with Gasteiger partial charge in [0.1, 0.15) is 0 Å². The number of halogens is 2. The molecule has 9 heteroatoms. The maximum absolute atomic E-state index is 12.5. The number of benzene rings is 1. The summed E-state index contributed by atoms with van der Waals surface area (Å²) in [4.78, 5) is 11.4. The Balaban J connectivity index is 2.00. The first-order valence-corrected chi connectivity index (χ1v) is 9.70. The van der Waals surface area contributed by atoms with E-state index in [0.29, 0.717) is 20.3 Å². The highest BCUT2D eigenvalue weighted by Gasteiger charge is 2.26. The van der Waals surface area contributed by atoms with E-state index in [1.807, 2.05) is 0 Å². The standard InChI is InChI=1S/C12H8Br2N2O3S2/c13-7-5-20-12(10(7)14)21(18,19)16-8-3-1-2-6-4-9(17)15-11(6)8/h1-3,5,16H,4H2,(H,15,17). The summed E-state index contributed by atoms with van der Waals surface area (Å²) in [5, 5.41) is 4.37. The summed E-state index contributed by atoms with van der Waals surface area (Å²) >= 11 is 7.62. The van der Waals surface area contributed by atoms with E-state index in [1.54, 1.807) is 23.6 Å². The summed E-state index contributed by atoms with van der Waals surface area (Å²) in [5.74, 6) is -0.142. The Morgan fingerprint density at radius 3 is 2.71 bits per heavy atom. The molecule has 1 aliphatic rings. The lowest BCUT2D eigenvalue weighted by Crippen LogP contribution is -2.13. The lowest BCUT2D eigenvalue weighted by Gasteiger charge is -2.11. The Morgan fingerprint density at radius 2 is 2.05 bits per heavy atom. The second-order valence-corrected chi connectivity index (χ2v) is 8.76. The Bertz CT molecular complexity index is 846. The third kappa shape index (κ3) is 2.75. The van der Waals surface area contributed by atoms with Crippen LogP contribution in [0.15, 0.2) is 36.7 Å². The van der Waals surface area contributed by atoms with E-state index in [1.165, 1.54) is 0 Å². The predicted molar refractivity (Wildman–Crippen MR) is 89.3 cm³/mol. The molecule has 0 saturated carbocycles. The number of rotatable bonds is 3. The Labute approximate surface area is 142 Å². The molecule has 2 heterocycles. The van der Waals surface area contributed by atoms with Crippen LogP contribution in [0.1, 0.15) is 5.56 Å². The van der Waals surface area contributed by atoms with E-state index in [4.69, 9.17) is 0 Å². The van der Waals surface area contributed by atoms with Crippen molar-refractivity contribution in [2.75, 3.05) is 10.0 Å². The van der Waals surface area contributed by atoms with Crippen LogP contribution >= 0.6 is 43.2 Å². The molecule has 1 aromatic carbocycles. The molecule has 21 heavy (non-hydrogen) atoms. The van der Waals surface area contributed by atoms with Crippen molar-refractivity contribution in [3.05, 3.63) is 38.1 Å². The van der Waals surface area contributed by atoms with E-state index >= 15 is 0 Å². The minimum atomic E-state index is -3.72. The molecule has 1 amide bonds. The van der Waals surface area contributed by atoms with Gasteiger partial charge in [0.2, 0.25) is 5.91 Å². The number of hydrogen-bond donors (Lipinski definition) is 2. The van der Waals surface area contributed by atoms with Gasteiger partial charge < -0.3 is 5.32 Å². The molecule has 2 N–H and O–H groups in total. The topological polar surface area (TPSA) is 75.3 Å². The smallest absolute Gasteiger partial charge is 0.272 e. The number of sulfonamides is 1. The summed E-state index contributed by atoms with van der Waals surface area (Å²) in [6.07, 6.45) is 0.263. The molecule has 0 fully saturated rings. The number of anilines is 2. The summed E-state index contributed by atoms with van der Waals surface area (Å²) in [6, 6.07) is 5.14. The van der Waals surface area contributed by atoms with E-state index in [9.17, 15) is 13.2 Å². The van der Waals surface area contributed by atoms with Crippen LogP contribution in [-0.4, -0.2) is 14.3 Å². The molecule has 0 aliphatic carbocycles. The molecule has 0 radical (unpaired) electrons. The van der Waals surface area contributed by atoms with Gasteiger partial charge in [-0.05, 0) is 43.5 Å². The Morgan fingerprint density at radius 1 is 1.29 bits per heavy atom. The van der Waals surface area contributed by atoms with Crippen LogP contribution in [0.25, 0.3) is 0 Å². The number of nitrogens with one attached hydrogen (secondary N) is 2. The third-order valence-corrected chi connectivity index (χ3v) is 8.62. The molecule has 3 rings (SSSR count). The van der Waals surface area contributed by atoms with Gasteiger partial charge in [0.05, 0.1) is 22.3 Å². The number of carbonyl (C=O) groups excluding carboxylic acids is 1. The monoisotopic (exact) mass is 450 g/mol. The SMILES string of the molecule is O=C1Cc2cccc(NS(=O)(=O)c3scc(Br)c3Br)c2N1. The van der Waals surface area contributed by atoms with Crippen LogP contribution in [0.2, 0.25) is 0 Å². The molecule has 0 bridgehead atoms. The Hall–Kier alpha value is -0.900. The molecular weight excluding hydrogens is 444 g/mol. The van der Waals surface area contributed by atoms with Crippen LogP contribution in [0.5, 0.6) is 0 Å². The van der Waals surface area contributed by atoms with Crippen LogP contribution < -0.4 is 10.0 Å².